The average Bonchev–Trinajstić information content (AvgIpc) is 3.09. The van der Waals surface area contributed by atoms with Crippen LogP contribution >= 0.6 is 22.6 Å². The molecule has 2 aromatic heterocycles. The summed E-state index contributed by atoms with van der Waals surface area (Å²) < 4.78 is 41.0. The predicted octanol–water partition coefficient (Wildman–Crippen LogP) is 1.52. The van der Waals surface area contributed by atoms with Crippen LogP contribution in [0.2, 0.25) is 0 Å². The number of rotatable bonds is 4. The Hall–Kier alpha value is -1.60. The number of nitrogen functional groups attached to an aromatic ring is 1. The third-order valence-corrected chi connectivity index (χ3v) is 5.36. The number of halogens is 3. The number of aromatic nitrogens is 3. The van der Waals surface area contributed by atoms with Gasteiger partial charge in [0.15, 0.2) is 23.8 Å². The quantitative estimate of drug-likeness (QED) is 0.386. The lowest BCUT2D eigenvalue weighted by Crippen LogP contribution is -2.54. The van der Waals surface area contributed by atoms with Crippen molar-refractivity contribution in [2.75, 3.05) is 10.2 Å². The van der Waals surface area contributed by atoms with Crippen molar-refractivity contribution in [1.82, 2.24) is 14.6 Å². The summed E-state index contributed by atoms with van der Waals surface area (Å²) in [5.74, 6) is -1.12. The van der Waals surface area contributed by atoms with Gasteiger partial charge in [-0.05, 0) is 12.1 Å². The van der Waals surface area contributed by atoms with E-state index in [1.807, 2.05) is 22.6 Å². The maximum atomic E-state index is 15.2. The number of nitrogens with two attached hydrogens (primary N) is 2. The molecule has 0 aromatic carbocycles. The molecule has 26 heavy (non-hydrogen) atoms. The lowest BCUT2D eigenvalue weighted by atomic mass is 10.0. The van der Waals surface area contributed by atoms with Crippen LogP contribution in [0.1, 0.15) is 25.6 Å². The van der Waals surface area contributed by atoms with Crippen LogP contribution in [0.5, 0.6) is 0 Å². The van der Waals surface area contributed by atoms with Crippen LogP contribution in [0.3, 0.4) is 0 Å². The van der Waals surface area contributed by atoms with E-state index < -0.39 is 42.1 Å². The molecule has 0 radical (unpaired) electrons. The van der Waals surface area contributed by atoms with Crippen molar-refractivity contribution in [3.63, 3.8) is 0 Å². The van der Waals surface area contributed by atoms with E-state index in [9.17, 15) is 9.18 Å². The Bertz CT molecular complexity index is 848. The van der Waals surface area contributed by atoms with E-state index in [4.69, 9.17) is 20.9 Å². The van der Waals surface area contributed by atoms with Crippen LogP contribution in [-0.2, 0) is 14.3 Å². The molecule has 0 spiro atoms. The highest BCUT2D eigenvalue weighted by Gasteiger charge is 2.57. The van der Waals surface area contributed by atoms with Gasteiger partial charge in [0.05, 0.1) is 11.6 Å². The first-order valence-corrected chi connectivity index (χ1v) is 9.38. The van der Waals surface area contributed by atoms with Gasteiger partial charge >= 0.3 is 12.0 Å². The van der Waals surface area contributed by atoms with Crippen LogP contribution in [-0.4, -0.2) is 43.0 Å². The third kappa shape index (κ3) is 3.11. The topological polar surface area (TPSA) is 118 Å². The predicted molar refractivity (Wildman–Crippen MR) is 96.6 cm³/mol. The van der Waals surface area contributed by atoms with Crippen LogP contribution in [0.25, 0.3) is 5.52 Å². The summed E-state index contributed by atoms with van der Waals surface area (Å²) in [7, 11) is 0. The number of hydrogen-bond acceptors (Lipinski definition) is 7. The summed E-state index contributed by atoms with van der Waals surface area (Å²) in [6.45, 7) is 3.27. The van der Waals surface area contributed by atoms with Crippen molar-refractivity contribution in [1.29, 1.82) is 0 Å². The van der Waals surface area contributed by atoms with Gasteiger partial charge in [0, 0.05) is 4.43 Å². The maximum Gasteiger partial charge on any atom is 0.327 e. The molecule has 4 N–H and O–H groups in total. The number of carbonyl (C=O) groups is 1. The van der Waals surface area contributed by atoms with E-state index in [1.165, 1.54) is 12.1 Å². The van der Waals surface area contributed by atoms with Gasteiger partial charge in [0.1, 0.15) is 11.6 Å². The summed E-state index contributed by atoms with van der Waals surface area (Å²) in [5, 5.41) is 3.63. The highest BCUT2D eigenvalue weighted by atomic mass is 127. The molecular formula is C15H18F2IN5O3. The largest absolute Gasteiger partial charge is 0.454 e. The number of esters is 1. The minimum atomic E-state index is -1.77. The van der Waals surface area contributed by atoms with E-state index in [0.717, 1.165) is 4.52 Å². The molecule has 8 nitrogen and oxygen atoms in total. The molecule has 1 fully saturated rings. The number of fused-ring (bicyclic) bond motifs is 1. The average molecular weight is 481 g/mol. The molecule has 2 aromatic rings. The van der Waals surface area contributed by atoms with Crippen molar-refractivity contribution in [3.05, 3.63) is 23.9 Å². The minimum Gasteiger partial charge on any atom is -0.454 e. The Balaban J connectivity index is 2.00. The maximum absolute atomic E-state index is 15.2. The molecule has 3 rings (SSSR count). The van der Waals surface area contributed by atoms with E-state index in [0.29, 0.717) is 5.52 Å². The molecule has 1 aliphatic heterocycles. The Morgan fingerprint density at radius 1 is 1.54 bits per heavy atom. The first-order chi connectivity index (χ1) is 12.2. The molecule has 0 aliphatic carbocycles. The second-order valence-corrected chi connectivity index (χ2v) is 7.17. The number of anilines is 1. The molecule has 0 saturated carbocycles. The van der Waals surface area contributed by atoms with Crippen molar-refractivity contribution >= 4 is 39.9 Å². The van der Waals surface area contributed by atoms with Gasteiger partial charge in [0.25, 0.3) is 0 Å². The zero-order valence-electron chi connectivity index (χ0n) is 14.0. The minimum absolute atomic E-state index is 0.0900. The number of alkyl halides is 2. The van der Waals surface area contributed by atoms with Crippen molar-refractivity contribution < 1.29 is 23.0 Å². The van der Waals surface area contributed by atoms with Crippen LogP contribution in [0.4, 0.5) is 14.6 Å². The van der Waals surface area contributed by atoms with Gasteiger partial charge in [-0.15, -0.1) is 5.10 Å². The first kappa shape index (κ1) is 19.2. The Kier molecular flexibility index (Phi) is 5.05. The summed E-state index contributed by atoms with van der Waals surface area (Å²) in [4.78, 5) is 15.4. The fraction of sp³-hybridized carbons (Fsp3) is 0.533. The van der Waals surface area contributed by atoms with Gasteiger partial charge < -0.3 is 15.2 Å². The summed E-state index contributed by atoms with van der Waals surface area (Å²) in [6.07, 6.45) is -5.35. The van der Waals surface area contributed by atoms with Crippen LogP contribution in [0.15, 0.2) is 12.1 Å². The molecule has 0 amide bonds. The Morgan fingerprint density at radius 3 is 2.85 bits per heavy atom. The molecular weight excluding hydrogens is 463 g/mol. The van der Waals surface area contributed by atoms with Crippen LogP contribution < -0.4 is 11.5 Å². The smallest absolute Gasteiger partial charge is 0.327 e. The lowest BCUT2D eigenvalue weighted by Gasteiger charge is -2.28. The van der Waals surface area contributed by atoms with Crippen molar-refractivity contribution in [3.8, 4) is 0 Å². The van der Waals surface area contributed by atoms with Gasteiger partial charge in [-0.2, -0.15) is 9.37 Å². The monoisotopic (exact) mass is 481 g/mol. The molecule has 4 atom stereocenters. The Labute approximate surface area is 161 Å². The van der Waals surface area contributed by atoms with Gasteiger partial charge in [-0.25, -0.2) is 8.91 Å². The number of hydrogen-bond donors (Lipinski definition) is 2. The SMILES string of the molecule is CC(C)C(=O)O[C@H]1[C@@H](F)[C@H](c2ccc3c(N)nc(F)nn23)O[C@]1(N)CI. The third-order valence-electron chi connectivity index (χ3n) is 4.16. The van der Waals surface area contributed by atoms with Gasteiger partial charge in [-0.1, -0.05) is 36.4 Å². The zero-order chi connectivity index (χ0) is 19.2. The highest BCUT2D eigenvalue weighted by Crippen LogP contribution is 2.42. The summed E-state index contributed by atoms with van der Waals surface area (Å²) in [5.41, 5.74) is 10.8. The molecule has 1 saturated heterocycles. The fourth-order valence-corrected chi connectivity index (χ4v) is 3.39. The van der Waals surface area contributed by atoms with Gasteiger partial charge in [0.2, 0.25) is 0 Å². The molecule has 142 valence electrons. The standard InChI is InChI=1S/C15H18F2IN5O3/c1-6(2)13(24)25-11-9(16)10(26-15(11,20)5-18)7-3-4-8-12(19)21-14(17)22-23(7)8/h3-4,6,9-11H,5,20H2,1-2H3,(H2,19,21,22)/t9-,10-,11-,15+/m0/s1. The van der Waals surface area contributed by atoms with Crippen LogP contribution in [0, 0.1) is 12.0 Å². The molecule has 3 heterocycles. The molecule has 1 aliphatic rings. The first-order valence-electron chi connectivity index (χ1n) is 7.86. The summed E-state index contributed by atoms with van der Waals surface area (Å²) in [6, 6.07) is 3.02. The fourth-order valence-electron chi connectivity index (χ4n) is 2.78. The number of ether oxygens (including phenoxy) is 2. The van der Waals surface area contributed by atoms with Crippen molar-refractivity contribution in [2.24, 2.45) is 11.7 Å². The number of carbonyl (C=O) groups excluding carboxylic acids is 1. The second kappa shape index (κ2) is 6.85. The molecule has 0 unspecified atom stereocenters. The van der Waals surface area contributed by atoms with E-state index >= 15 is 4.39 Å². The van der Waals surface area contributed by atoms with E-state index in [-0.39, 0.29) is 15.9 Å². The summed E-state index contributed by atoms with van der Waals surface area (Å²) >= 11 is 1.93. The normalized spacial score (nSPS) is 28.8. The van der Waals surface area contributed by atoms with Gasteiger partial charge in [-0.3, -0.25) is 10.5 Å². The zero-order valence-corrected chi connectivity index (χ0v) is 16.2. The van der Waals surface area contributed by atoms with Crippen molar-refractivity contribution in [2.45, 2.75) is 38.0 Å². The molecule has 0 bridgehead atoms. The lowest BCUT2D eigenvalue weighted by molar-refractivity contribution is -0.163. The second-order valence-electron chi connectivity index (χ2n) is 6.40. The van der Waals surface area contributed by atoms with E-state index in [1.54, 1.807) is 13.8 Å². The highest BCUT2D eigenvalue weighted by molar-refractivity contribution is 14.1. The molecule has 11 heteroatoms. The van der Waals surface area contributed by atoms with E-state index in [2.05, 4.69) is 10.1 Å². The number of nitrogens with zero attached hydrogens (tertiary/aromatic N) is 3. The Morgan fingerprint density at radius 2 is 2.23 bits per heavy atom.